The molecule has 2 aromatic rings. The molecule has 0 fully saturated rings. The Kier molecular flexibility index (Phi) is 5.57. The predicted molar refractivity (Wildman–Crippen MR) is 109 cm³/mol. The van der Waals surface area contributed by atoms with E-state index in [0.29, 0.717) is 11.4 Å². The lowest BCUT2D eigenvalue weighted by atomic mass is 9.97. The van der Waals surface area contributed by atoms with Crippen LogP contribution in [0.5, 0.6) is 0 Å². The first-order valence-electron chi connectivity index (χ1n) is 9.16. The Hall–Kier alpha value is -2.66. The van der Waals surface area contributed by atoms with Crippen LogP contribution < -0.4 is 5.32 Å². The summed E-state index contributed by atoms with van der Waals surface area (Å²) in [4.78, 5) is 25.6. The number of rotatable bonds is 2. The highest BCUT2D eigenvalue weighted by Crippen LogP contribution is 2.30. The zero-order valence-corrected chi connectivity index (χ0v) is 17.2. The van der Waals surface area contributed by atoms with Crippen LogP contribution in [0.2, 0.25) is 5.02 Å². The number of benzene rings is 2. The molecule has 0 unspecified atom stereocenters. The zero-order chi connectivity index (χ0) is 20.5. The van der Waals surface area contributed by atoms with E-state index in [2.05, 4.69) is 5.32 Å². The van der Waals surface area contributed by atoms with Gasteiger partial charge in [-0.15, -0.1) is 4.58 Å². The summed E-state index contributed by atoms with van der Waals surface area (Å²) in [7, 11) is 0. The van der Waals surface area contributed by atoms with Crippen molar-refractivity contribution in [1.82, 2.24) is 5.32 Å². The first-order chi connectivity index (χ1) is 13.2. The van der Waals surface area contributed by atoms with Gasteiger partial charge in [-0.3, -0.25) is 0 Å². The highest BCUT2D eigenvalue weighted by Gasteiger charge is 2.41. The summed E-state index contributed by atoms with van der Waals surface area (Å²) in [6, 6.07) is 14.4. The van der Waals surface area contributed by atoms with Crippen LogP contribution in [-0.2, 0) is 16.0 Å². The van der Waals surface area contributed by atoms with Gasteiger partial charge < -0.3 is 10.1 Å². The molecule has 0 saturated heterocycles. The monoisotopic (exact) mass is 399 g/mol. The van der Waals surface area contributed by atoms with Gasteiger partial charge >= 0.3 is 12.0 Å². The normalized spacial score (nSPS) is 18.3. The Balaban J connectivity index is 2.04. The zero-order valence-electron chi connectivity index (χ0n) is 16.5. The molecule has 0 radical (unpaired) electrons. The molecule has 1 heterocycles. The van der Waals surface area contributed by atoms with Crippen molar-refractivity contribution in [2.24, 2.45) is 0 Å². The smallest absolute Gasteiger partial charge is 0.415 e. The molecule has 146 valence electrons. The molecular weight excluding hydrogens is 376 g/mol. The van der Waals surface area contributed by atoms with Crippen molar-refractivity contribution in [2.75, 3.05) is 0 Å². The number of hydrogen-bond acceptors (Lipinski definition) is 3. The highest BCUT2D eigenvalue weighted by atomic mass is 35.5. The molecule has 0 aromatic heterocycles. The Bertz CT molecular complexity index is 946. The molecule has 28 heavy (non-hydrogen) atoms. The third-order valence-corrected chi connectivity index (χ3v) is 4.68. The van der Waals surface area contributed by atoms with Gasteiger partial charge in [0.25, 0.3) is 0 Å². The van der Waals surface area contributed by atoms with Crippen molar-refractivity contribution in [1.29, 1.82) is 0 Å². The van der Waals surface area contributed by atoms with E-state index >= 15 is 0 Å². The summed E-state index contributed by atoms with van der Waals surface area (Å²) in [6.07, 6.45) is -0.232. The maximum Gasteiger partial charge on any atom is 0.415 e. The molecule has 6 heteroatoms. The van der Waals surface area contributed by atoms with Gasteiger partial charge in [0.2, 0.25) is 5.69 Å². The second-order valence-electron chi connectivity index (χ2n) is 7.80. The Morgan fingerprint density at radius 3 is 2.50 bits per heavy atom. The van der Waals surface area contributed by atoms with E-state index in [4.69, 9.17) is 16.3 Å². The van der Waals surface area contributed by atoms with Gasteiger partial charge in [-0.2, -0.15) is 0 Å². The minimum atomic E-state index is -0.720. The number of hydrogen-bond donors (Lipinski definition) is 1. The van der Waals surface area contributed by atoms with Crippen molar-refractivity contribution in [3.8, 4) is 0 Å². The topological polar surface area (TPSA) is 58.4 Å². The van der Waals surface area contributed by atoms with E-state index < -0.39 is 17.7 Å². The van der Waals surface area contributed by atoms with Crippen molar-refractivity contribution < 1.29 is 18.9 Å². The maximum atomic E-state index is 13.3. The molecule has 0 aliphatic carbocycles. The number of nitrogens with one attached hydrogen (secondary N) is 1. The minimum Gasteiger partial charge on any atom is -0.444 e. The fourth-order valence-electron chi connectivity index (χ4n) is 3.22. The van der Waals surface area contributed by atoms with Crippen LogP contribution in [0.4, 0.5) is 10.5 Å². The SMILES string of the molecule is CC(c1ccccc1)=[N+]1C(=O)[C@H](NC(=O)OC(C)(C)C)Cc2ccc(Cl)cc21. The van der Waals surface area contributed by atoms with Gasteiger partial charge in [-0.25, -0.2) is 9.59 Å². The molecule has 2 aromatic carbocycles. The van der Waals surface area contributed by atoms with E-state index in [9.17, 15) is 9.59 Å². The Morgan fingerprint density at radius 1 is 1.18 bits per heavy atom. The van der Waals surface area contributed by atoms with Crippen LogP contribution >= 0.6 is 11.6 Å². The second-order valence-corrected chi connectivity index (χ2v) is 8.24. The Morgan fingerprint density at radius 2 is 1.86 bits per heavy atom. The summed E-state index contributed by atoms with van der Waals surface area (Å²) in [5.41, 5.74) is 2.71. The quantitative estimate of drug-likeness (QED) is 0.758. The Labute approximate surface area is 170 Å². The summed E-state index contributed by atoms with van der Waals surface area (Å²) in [5.74, 6) is -0.220. The number of fused-ring (bicyclic) bond motifs is 1. The summed E-state index contributed by atoms with van der Waals surface area (Å²) in [5, 5.41) is 3.27. The fraction of sp³-hybridized carbons (Fsp3) is 0.318. The van der Waals surface area contributed by atoms with Crippen molar-refractivity contribution in [3.63, 3.8) is 0 Å². The van der Waals surface area contributed by atoms with Gasteiger partial charge in [-0.1, -0.05) is 35.9 Å². The van der Waals surface area contributed by atoms with Gasteiger partial charge in [-0.05, 0) is 39.0 Å². The number of carbonyl (C=O) groups excluding carboxylic acids is 2. The van der Waals surface area contributed by atoms with Gasteiger partial charge in [0.15, 0.2) is 11.8 Å². The summed E-state index contributed by atoms with van der Waals surface area (Å²) in [6.45, 7) is 7.23. The molecule has 0 saturated carbocycles. The number of alkyl carbamates (subject to hydrolysis) is 1. The van der Waals surface area contributed by atoms with Crippen LogP contribution in [-0.4, -0.2) is 33.9 Å². The van der Waals surface area contributed by atoms with Crippen LogP contribution in [0.25, 0.3) is 0 Å². The first kappa shape index (κ1) is 20.1. The van der Waals surface area contributed by atoms with E-state index in [0.717, 1.165) is 22.5 Å². The number of halogens is 1. The van der Waals surface area contributed by atoms with Crippen LogP contribution in [0.1, 0.15) is 38.8 Å². The number of carbonyl (C=O) groups is 2. The molecule has 0 spiro atoms. The van der Waals surface area contributed by atoms with E-state index in [-0.39, 0.29) is 5.91 Å². The van der Waals surface area contributed by atoms with Gasteiger partial charge in [0.1, 0.15) is 5.60 Å². The summed E-state index contributed by atoms with van der Waals surface area (Å²) < 4.78 is 6.95. The molecule has 3 rings (SSSR count). The average Bonchev–Trinajstić information content (AvgIpc) is 2.61. The van der Waals surface area contributed by atoms with Crippen molar-refractivity contribution in [3.05, 3.63) is 64.7 Å². The standard InChI is InChI=1S/C22H23ClN2O3/c1-14(15-8-6-5-7-9-15)25-19-13-17(23)11-10-16(19)12-18(20(25)26)24-21(27)28-22(2,3)4/h5-11,13,18H,12H2,1-4H3/p+1/t18-/m1/s1. The number of ether oxygens (including phenoxy) is 1. The highest BCUT2D eigenvalue weighted by molar-refractivity contribution is 6.30. The first-order valence-corrected chi connectivity index (χ1v) is 9.54. The third kappa shape index (κ3) is 4.42. The van der Waals surface area contributed by atoms with Gasteiger partial charge in [0, 0.05) is 35.6 Å². The molecule has 1 N–H and O–H groups in total. The molecule has 1 aliphatic rings. The molecule has 1 atom stereocenters. The second kappa shape index (κ2) is 7.76. The minimum absolute atomic E-state index is 0.220. The molecular formula is C22H24ClN2O3+. The van der Waals surface area contributed by atoms with E-state index in [1.165, 1.54) is 0 Å². The van der Waals surface area contributed by atoms with Crippen LogP contribution in [0.3, 0.4) is 0 Å². The lowest BCUT2D eigenvalue weighted by molar-refractivity contribution is -0.373. The summed E-state index contributed by atoms with van der Waals surface area (Å²) >= 11 is 6.20. The van der Waals surface area contributed by atoms with E-state index in [1.807, 2.05) is 43.3 Å². The van der Waals surface area contributed by atoms with Crippen molar-refractivity contribution >= 4 is 35.0 Å². The van der Waals surface area contributed by atoms with Crippen LogP contribution in [0, 0.1) is 0 Å². The molecule has 5 nitrogen and oxygen atoms in total. The third-order valence-electron chi connectivity index (χ3n) is 4.45. The number of nitrogens with zero attached hydrogens (tertiary/aromatic N) is 1. The lowest BCUT2D eigenvalue weighted by Crippen LogP contribution is -2.50. The van der Waals surface area contributed by atoms with Crippen molar-refractivity contribution in [2.45, 2.75) is 45.8 Å². The number of amides is 2. The largest absolute Gasteiger partial charge is 0.444 e. The average molecular weight is 400 g/mol. The fourth-order valence-corrected chi connectivity index (χ4v) is 3.38. The molecule has 1 aliphatic heterocycles. The lowest BCUT2D eigenvalue weighted by Gasteiger charge is -2.25. The maximum absolute atomic E-state index is 13.3. The molecule has 0 bridgehead atoms. The predicted octanol–water partition coefficient (Wildman–Crippen LogP) is 4.47. The molecule has 2 amide bonds. The van der Waals surface area contributed by atoms with Gasteiger partial charge in [0.05, 0.1) is 0 Å². The van der Waals surface area contributed by atoms with E-state index in [1.54, 1.807) is 37.5 Å². The van der Waals surface area contributed by atoms with Crippen LogP contribution in [0.15, 0.2) is 48.5 Å².